The van der Waals surface area contributed by atoms with Gasteiger partial charge in [-0.2, -0.15) is 5.26 Å². The van der Waals surface area contributed by atoms with E-state index >= 15 is 0 Å². The normalized spacial score (nSPS) is 21.7. The summed E-state index contributed by atoms with van der Waals surface area (Å²) in [6.07, 6.45) is 3.98. The van der Waals surface area contributed by atoms with Crippen molar-refractivity contribution in [3.05, 3.63) is 35.6 Å². The van der Waals surface area contributed by atoms with E-state index in [-0.39, 0.29) is 11.7 Å². The predicted molar refractivity (Wildman–Crippen MR) is 89.7 cm³/mol. The highest BCUT2D eigenvalue weighted by atomic mass is 19.1. The van der Waals surface area contributed by atoms with E-state index in [9.17, 15) is 14.4 Å². The summed E-state index contributed by atoms with van der Waals surface area (Å²) in [5, 5.41) is 12.2. The Hall–Kier alpha value is -1.93. The van der Waals surface area contributed by atoms with Crippen LogP contribution in [0.2, 0.25) is 0 Å². The third-order valence-corrected chi connectivity index (χ3v) is 5.32. The van der Waals surface area contributed by atoms with Gasteiger partial charge >= 0.3 is 0 Å². The molecule has 2 aliphatic rings. The monoisotopic (exact) mass is 329 g/mol. The number of likely N-dealkylation sites (tertiary alicyclic amines) is 1. The summed E-state index contributed by atoms with van der Waals surface area (Å²) in [4.78, 5) is 14.4. The number of amides is 1. The largest absolute Gasteiger partial charge is 0.337 e. The first-order chi connectivity index (χ1) is 11.5. The molecule has 1 heterocycles. The minimum atomic E-state index is -0.719. The van der Waals surface area contributed by atoms with E-state index in [1.807, 2.05) is 19.1 Å². The zero-order valence-corrected chi connectivity index (χ0v) is 14.1. The fraction of sp³-hybridized carbons (Fsp3) is 0.579. The summed E-state index contributed by atoms with van der Waals surface area (Å²) in [5.41, 5.74) is 0.454. The van der Waals surface area contributed by atoms with Crippen LogP contribution in [0.1, 0.15) is 44.1 Å². The van der Waals surface area contributed by atoms with Gasteiger partial charge in [0.1, 0.15) is 11.4 Å². The Labute approximate surface area is 142 Å². The molecule has 1 amide bonds. The topological polar surface area (TPSA) is 56.1 Å². The van der Waals surface area contributed by atoms with E-state index < -0.39 is 5.54 Å². The van der Waals surface area contributed by atoms with Gasteiger partial charge in [-0.05, 0) is 75.2 Å². The summed E-state index contributed by atoms with van der Waals surface area (Å²) in [6, 6.07) is 8.99. The number of nitrogens with one attached hydrogen (secondary N) is 1. The number of halogens is 1. The molecule has 1 atom stereocenters. The second-order valence-electron chi connectivity index (χ2n) is 7.24. The molecule has 1 aromatic rings. The molecule has 1 saturated heterocycles. The molecule has 0 aromatic heterocycles. The molecule has 1 aromatic carbocycles. The van der Waals surface area contributed by atoms with Gasteiger partial charge in [-0.15, -0.1) is 0 Å². The predicted octanol–water partition coefficient (Wildman–Crippen LogP) is 2.81. The second-order valence-corrected chi connectivity index (χ2v) is 7.24. The molecule has 0 bridgehead atoms. The quantitative estimate of drug-likeness (QED) is 0.904. The number of rotatable bonds is 5. The Bertz CT molecular complexity index is 627. The first kappa shape index (κ1) is 16.9. The van der Waals surface area contributed by atoms with Crippen molar-refractivity contribution in [3.8, 4) is 6.07 Å². The van der Waals surface area contributed by atoms with E-state index in [0.717, 1.165) is 38.8 Å². The summed E-state index contributed by atoms with van der Waals surface area (Å²) in [7, 11) is 0. The van der Waals surface area contributed by atoms with Gasteiger partial charge in [0.2, 0.25) is 5.91 Å². The van der Waals surface area contributed by atoms with E-state index in [2.05, 4.69) is 16.3 Å². The number of benzene rings is 1. The molecule has 2 fully saturated rings. The highest BCUT2D eigenvalue weighted by molar-refractivity contribution is 5.79. The van der Waals surface area contributed by atoms with Crippen molar-refractivity contribution in [1.29, 1.82) is 5.26 Å². The van der Waals surface area contributed by atoms with Crippen LogP contribution < -0.4 is 5.32 Å². The summed E-state index contributed by atoms with van der Waals surface area (Å²) >= 11 is 0. The number of nitriles is 1. The van der Waals surface area contributed by atoms with Crippen molar-refractivity contribution in [3.63, 3.8) is 0 Å². The van der Waals surface area contributed by atoms with Crippen molar-refractivity contribution in [2.75, 3.05) is 19.6 Å². The Morgan fingerprint density at radius 2 is 1.92 bits per heavy atom. The molecule has 4 nitrogen and oxygen atoms in total. The van der Waals surface area contributed by atoms with Gasteiger partial charge in [0.05, 0.1) is 12.6 Å². The molecule has 5 heteroatoms. The van der Waals surface area contributed by atoms with Crippen molar-refractivity contribution in [2.45, 2.75) is 44.1 Å². The molecule has 128 valence electrons. The number of piperidine rings is 1. The summed E-state index contributed by atoms with van der Waals surface area (Å²) < 4.78 is 13.0. The molecule has 0 unspecified atom stereocenters. The third-order valence-electron chi connectivity index (χ3n) is 5.32. The summed E-state index contributed by atoms with van der Waals surface area (Å²) in [6.45, 7) is 3.87. The molecule has 24 heavy (non-hydrogen) atoms. The number of carbonyl (C=O) groups excluding carboxylic acids is 1. The van der Waals surface area contributed by atoms with Crippen LogP contribution in [0.4, 0.5) is 4.39 Å². The standard InChI is InChI=1S/C19H24FN3O/c1-19(13-21,16-4-5-16)22-18(24)12-23-10-8-15(9-11-23)14-2-6-17(20)7-3-14/h2-3,6-7,15-16H,4-5,8-12H2,1H3,(H,22,24)/t19-/m0/s1. The van der Waals surface area contributed by atoms with Crippen LogP contribution in [0.25, 0.3) is 0 Å². The van der Waals surface area contributed by atoms with Crippen molar-refractivity contribution >= 4 is 5.91 Å². The van der Waals surface area contributed by atoms with Crippen LogP contribution in [0.15, 0.2) is 24.3 Å². The highest BCUT2D eigenvalue weighted by Gasteiger charge is 2.43. The number of hydrogen-bond donors (Lipinski definition) is 1. The second kappa shape index (κ2) is 6.90. The number of hydrogen-bond acceptors (Lipinski definition) is 3. The molecule has 1 N–H and O–H groups in total. The molecule has 1 saturated carbocycles. The highest BCUT2D eigenvalue weighted by Crippen LogP contribution is 2.39. The van der Waals surface area contributed by atoms with Crippen LogP contribution in [-0.4, -0.2) is 36.0 Å². The minimum Gasteiger partial charge on any atom is -0.337 e. The lowest BCUT2D eigenvalue weighted by Gasteiger charge is -2.32. The maximum Gasteiger partial charge on any atom is 0.235 e. The molecular formula is C19H24FN3O. The van der Waals surface area contributed by atoms with Crippen LogP contribution in [0.5, 0.6) is 0 Å². The zero-order chi connectivity index (χ0) is 17.2. The van der Waals surface area contributed by atoms with Crippen molar-refractivity contribution < 1.29 is 9.18 Å². The zero-order valence-electron chi connectivity index (χ0n) is 14.1. The van der Waals surface area contributed by atoms with Crippen LogP contribution in [0, 0.1) is 23.1 Å². The average molecular weight is 329 g/mol. The lowest BCUT2D eigenvalue weighted by Crippen LogP contribution is -2.51. The van der Waals surface area contributed by atoms with E-state index in [0.29, 0.717) is 18.4 Å². The fourth-order valence-corrected chi connectivity index (χ4v) is 3.57. The molecular weight excluding hydrogens is 305 g/mol. The van der Waals surface area contributed by atoms with E-state index in [4.69, 9.17) is 0 Å². The Kier molecular flexibility index (Phi) is 4.86. The van der Waals surface area contributed by atoms with Crippen molar-refractivity contribution in [2.24, 2.45) is 5.92 Å². The van der Waals surface area contributed by atoms with Gasteiger partial charge in [0, 0.05) is 0 Å². The van der Waals surface area contributed by atoms with Gasteiger partial charge in [-0.25, -0.2) is 4.39 Å². The smallest absolute Gasteiger partial charge is 0.235 e. The molecule has 3 rings (SSSR count). The SMILES string of the molecule is C[C@@](C#N)(NC(=O)CN1CCC(c2ccc(F)cc2)CC1)C1CC1. The molecule has 1 aliphatic carbocycles. The minimum absolute atomic E-state index is 0.0637. The van der Waals surface area contributed by atoms with Gasteiger partial charge in [-0.3, -0.25) is 9.69 Å². The van der Waals surface area contributed by atoms with Crippen LogP contribution in [-0.2, 0) is 4.79 Å². The molecule has 0 spiro atoms. The fourth-order valence-electron chi connectivity index (χ4n) is 3.57. The van der Waals surface area contributed by atoms with E-state index in [1.54, 1.807) is 0 Å². The van der Waals surface area contributed by atoms with Crippen LogP contribution in [0.3, 0.4) is 0 Å². The maximum absolute atomic E-state index is 13.0. The first-order valence-electron chi connectivity index (χ1n) is 8.70. The Balaban J connectivity index is 1.47. The maximum atomic E-state index is 13.0. The third kappa shape index (κ3) is 3.93. The number of carbonyl (C=O) groups is 1. The van der Waals surface area contributed by atoms with E-state index in [1.165, 1.54) is 17.7 Å². The van der Waals surface area contributed by atoms with Gasteiger partial charge in [0.25, 0.3) is 0 Å². The summed E-state index contributed by atoms with van der Waals surface area (Å²) in [5.74, 6) is 0.464. The average Bonchev–Trinajstić information content (AvgIpc) is 3.41. The number of nitrogens with zero attached hydrogens (tertiary/aromatic N) is 2. The Morgan fingerprint density at radius 3 is 2.46 bits per heavy atom. The molecule has 0 radical (unpaired) electrons. The molecule has 1 aliphatic heterocycles. The first-order valence-corrected chi connectivity index (χ1v) is 8.70. The lowest BCUT2D eigenvalue weighted by molar-refractivity contribution is -0.123. The van der Waals surface area contributed by atoms with Crippen LogP contribution >= 0.6 is 0 Å². The Morgan fingerprint density at radius 1 is 1.29 bits per heavy atom. The van der Waals surface area contributed by atoms with Gasteiger partial charge in [-0.1, -0.05) is 12.1 Å². The van der Waals surface area contributed by atoms with Gasteiger partial charge < -0.3 is 5.32 Å². The van der Waals surface area contributed by atoms with Crippen molar-refractivity contribution in [1.82, 2.24) is 10.2 Å². The lowest BCUT2D eigenvalue weighted by atomic mass is 9.89. The van der Waals surface area contributed by atoms with Gasteiger partial charge in [0.15, 0.2) is 0 Å².